The molecule has 0 aliphatic carbocycles. The van der Waals surface area contributed by atoms with Gasteiger partial charge in [-0.15, -0.1) is 5.10 Å². The van der Waals surface area contributed by atoms with E-state index < -0.39 is 11.6 Å². The van der Waals surface area contributed by atoms with Crippen LogP contribution in [0.1, 0.15) is 19.4 Å². The summed E-state index contributed by atoms with van der Waals surface area (Å²) in [5.74, 6) is 0.436. The number of rotatable bonds is 4. The lowest BCUT2D eigenvalue weighted by molar-refractivity contribution is 0.187. The highest BCUT2D eigenvalue weighted by Gasteiger charge is 2.20. The van der Waals surface area contributed by atoms with E-state index in [0.717, 1.165) is 11.3 Å². The number of hydrogen-bond donors (Lipinski definition) is 3. The lowest BCUT2D eigenvalue weighted by Gasteiger charge is -2.23. The molecule has 0 atom stereocenters. The van der Waals surface area contributed by atoms with Gasteiger partial charge in [0, 0.05) is 11.8 Å². The van der Waals surface area contributed by atoms with Gasteiger partial charge in [-0.3, -0.25) is 5.32 Å². The number of aryl methyl sites for hydroxylation is 1. The highest BCUT2D eigenvalue weighted by molar-refractivity contribution is 6.32. The number of hydrogen-bond acceptors (Lipinski definition) is 3. The van der Waals surface area contributed by atoms with Gasteiger partial charge in [-0.05, 0) is 32.9 Å². The quantitative estimate of drug-likeness (QED) is 0.809. The first kappa shape index (κ1) is 16.3. The molecule has 1 aromatic heterocycles. The first-order valence-electron chi connectivity index (χ1n) is 6.83. The van der Waals surface area contributed by atoms with Crippen LogP contribution in [-0.4, -0.2) is 33.1 Å². The van der Waals surface area contributed by atoms with Crippen LogP contribution in [0, 0.1) is 6.92 Å². The van der Waals surface area contributed by atoms with Crippen LogP contribution in [0.2, 0.25) is 5.02 Å². The van der Waals surface area contributed by atoms with Gasteiger partial charge in [0.05, 0.1) is 22.9 Å². The maximum Gasteiger partial charge on any atom is 0.320 e. The van der Waals surface area contributed by atoms with Crippen LogP contribution < -0.4 is 10.6 Å². The molecule has 0 bridgehead atoms. The van der Waals surface area contributed by atoms with Crippen molar-refractivity contribution in [1.29, 1.82) is 0 Å². The second-order valence-electron chi connectivity index (χ2n) is 5.68. The van der Waals surface area contributed by atoms with E-state index in [2.05, 4.69) is 15.7 Å². The van der Waals surface area contributed by atoms with Crippen LogP contribution in [0.25, 0.3) is 5.69 Å². The predicted molar refractivity (Wildman–Crippen MR) is 86.6 cm³/mol. The Morgan fingerprint density at radius 3 is 2.73 bits per heavy atom. The fraction of sp³-hybridized carbons (Fsp3) is 0.333. The molecular weight excluding hydrogens is 304 g/mol. The Hall–Kier alpha value is -2.05. The van der Waals surface area contributed by atoms with Crippen LogP contribution in [0.4, 0.5) is 10.6 Å². The molecule has 118 valence electrons. The first-order valence-corrected chi connectivity index (χ1v) is 7.21. The minimum absolute atomic E-state index is 0.159. The Morgan fingerprint density at radius 1 is 1.41 bits per heavy atom. The van der Waals surface area contributed by atoms with Crippen LogP contribution in [0.5, 0.6) is 0 Å². The van der Waals surface area contributed by atoms with Crippen molar-refractivity contribution < 1.29 is 9.90 Å². The van der Waals surface area contributed by atoms with E-state index in [-0.39, 0.29) is 6.61 Å². The van der Waals surface area contributed by atoms with Crippen LogP contribution in [-0.2, 0) is 0 Å². The van der Waals surface area contributed by atoms with Gasteiger partial charge in [-0.25, -0.2) is 9.48 Å². The average molecular weight is 323 g/mol. The van der Waals surface area contributed by atoms with Crippen LogP contribution >= 0.6 is 11.6 Å². The van der Waals surface area contributed by atoms with Crippen molar-refractivity contribution in [1.82, 2.24) is 15.1 Å². The Kier molecular flexibility index (Phi) is 4.73. The SMILES string of the molecule is Cc1cn(-c2ccccc2Cl)nc1NC(=O)NC(C)(C)CO. The summed E-state index contributed by atoms with van der Waals surface area (Å²) in [6.07, 6.45) is 1.79. The van der Waals surface area contributed by atoms with Gasteiger partial charge in [0.15, 0.2) is 5.82 Å². The summed E-state index contributed by atoms with van der Waals surface area (Å²) in [6, 6.07) is 6.89. The van der Waals surface area contributed by atoms with Gasteiger partial charge in [0.1, 0.15) is 0 Å². The van der Waals surface area contributed by atoms with Crippen molar-refractivity contribution in [3.05, 3.63) is 41.0 Å². The summed E-state index contributed by atoms with van der Waals surface area (Å²) in [5, 5.41) is 19.4. The monoisotopic (exact) mass is 322 g/mol. The summed E-state index contributed by atoms with van der Waals surface area (Å²) >= 11 is 6.14. The van der Waals surface area contributed by atoms with E-state index in [1.165, 1.54) is 0 Å². The number of para-hydroxylation sites is 1. The molecular formula is C15H19ClN4O2. The van der Waals surface area contributed by atoms with Crippen molar-refractivity contribution >= 4 is 23.4 Å². The number of carbonyl (C=O) groups is 1. The molecule has 0 aliphatic heterocycles. The molecule has 2 amide bonds. The zero-order valence-electron chi connectivity index (χ0n) is 12.7. The number of aliphatic hydroxyl groups is 1. The number of urea groups is 1. The van der Waals surface area contributed by atoms with Crippen molar-refractivity contribution in [2.75, 3.05) is 11.9 Å². The number of nitrogens with zero attached hydrogens (tertiary/aromatic N) is 2. The zero-order valence-corrected chi connectivity index (χ0v) is 13.5. The van der Waals surface area contributed by atoms with Gasteiger partial charge < -0.3 is 10.4 Å². The normalized spacial score (nSPS) is 11.3. The molecule has 1 aromatic carbocycles. The second kappa shape index (κ2) is 6.37. The molecule has 22 heavy (non-hydrogen) atoms. The topological polar surface area (TPSA) is 79.2 Å². The van der Waals surface area contributed by atoms with Crippen LogP contribution in [0.15, 0.2) is 30.5 Å². The third-order valence-electron chi connectivity index (χ3n) is 3.08. The van der Waals surface area contributed by atoms with Crippen molar-refractivity contribution in [3.63, 3.8) is 0 Å². The maximum atomic E-state index is 11.9. The van der Waals surface area contributed by atoms with E-state index >= 15 is 0 Å². The molecule has 1 heterocycles. The van der Waals surface area contributed by atoms with E-state index in [9.17, 15) is 9.90 Å². The Balaban J connectivity index is 2.17. The molecule has 0 aliphatic rings. The van der Waals surface area contributed by atoms with E-state index in [1.807, 2.05) is 25.1 Å². The molecule has 3 N–H and O–H groups in total. The Labute approximate surface area is 134 Å². The third kappa shape index (κ3) is 3.78. The maximum absolute atomic E-state index is 11.9. The molecule has 2 aromatic rings. The molecule has 7 heteroatoms. The van der Waals surface area contributed by atoms with Crippen molar-refractivity contribution in [3.8, 4) is 5.69 Å². The average Bonchev–Trinajstić information content (AvgIpc) is 2.79. The third-order valence-corrected chi connectivity index (χ3v) is 3.40. The molecule has 0 saturated heterocycles. The number of nitrogens with one attached hydrogen (secondary N) is 2. The molecule has 0 fully saturated rings. The minimum Gasteiger partial charge on any atom is -0.394 e. The molecule has 0 spiro atoms. The van der Waals surface area contributed by atoms with Crippen molar-refractivity contribution in [2.45, 2.75) is 26.3 Å². The predicted octanol–water partition coefficient (Wildman–Crippen LogP) is 2.73. The summed E-state index contributed by atoms with van der Waals surface area (Å²) in [4.78, 5) is 11.9. The molecule has 2 rings (SSSR count). The lowest BCUT2D eigenvalue weighted by atomic mass is 10.1. The lowest BCUT2D eigenvalue weighted by Crippen LogP contribution is -2.48. The molecule has 0 unspecified atom stereocenters. The molecule has 0 radical (unpaired) electrons. The van der Waals surface area contributed by atoms with E-state index in [4.69, 9.17) is 11.6 Å². The summed E-state index contributed by atoms with van der Waals surface area (Å²) in [5.41, 5.74) is 0.830. The number of benzene rings is 1. The highest BCUT2D eigenvalue weighted by Crippen LogP contribution is 2.22. The summed E-state index contributed by atoms with van der Waals surface area (Å²) in [7, 11) is 0. The number of amides is 2. The van der Waals surface area contributed by atoms with Gasteiger partial charge in [0.2, 0.25) is 0 Å². The summed E-state index contributed by atoms with van der Waals surface area (Å²) in [6.45, 7) is 5.13. The number of anilines is 1. The van der Waals surface area contributed by atoms with Crippen LogP contribution in [0.3, 0.4) is 0 Å². The fourth-order valence-electron chi connectivity index (χ4n) is 1.83. The summed E-state index contributed by atoms with van der Waals surface area (Å²) < 4.78 is 1.62. The smallest absolute Gasteiger partial charge is 0.320 e. The molecule has 0 saturated carbocycles. The number of halogens is 1. The first-order chi connectivity index (χ1) is 10.3. The standard InChI is InChI=1S/C15H19ClN4O2/c1-10-8-20(12-7-5-4-6-11(12)16)19-13(10)17-14(22)18-15(2,3)9-21/h4-8,21H,9H2,1-3H3,(H2,17,18,19,22). The van der Waals surface area contributed by atoms with Crippen molar-refractivity contribution in [2.24, 2.45) is 0 Å². The van der Waals surface area contributed by atoms with Gasteiger partial charge in [0.25, 0.3) is 0 Å². The molecule has 6 nitrogen and oxygen atoms in total. The Bertz CT molecular complexity index is 682. The number of carbonyl (C=O) groups excluding carboxylic acids is 1. The number of aliphatic hydroxyl groups excluding tert-OH is 1. The van der Waals surface area contributed by atoms with Gasteiger partial charge in [-0.2, -0.15) is 0 Å². The van der Waals surface area contributed by atoms with Gasteiger partial charge >= 0.3 is 6.03 Å². The Morgan fingerprint density at radius 2 is 2.09 bits per heavy atom. The highest BCUT2D eigenvalue weighted by atomic mass is 35.5. The van der Waals surface area contributed by atoms with E-state index in [0.29, 0.717) is 10.8 Å². The second-order valence-corrected chi connectivity index (χ2v) is 6.09. The van der Waals surface area contributed by atoms with E-state index in [1.54, 1.807) is 30.8 Å². The number of aromatic nitrogens is 2. The largest absolute Gasteiger partial charge is 0.394 e. The zero-order chi connectivity index (χ0) is 16.3. The fourth-order valence-corrected chi connectivity index (χ4v) is 2.05. The minimum atomic E-state index is -0.705. The van der Waals surface area contributed by atoms with Gasteiger partial charge in [-0.1, -0.05) is 23.7 Å².